The molecule has 0 saturated carbocycles. The number of unbranched alkanes of at least 4 members (excludes halogenated alkanes) is 1. The van der Waals surface area contributed by atoms with E-state index in [0.717, 1.165) is 25.0 Å². The summed E-state index contributed by atoms with van der Waals surface area (Å²) in [4.78, 5) is 12.4. The number of nitrogens with one attached hydrogen (secondary N) is 1. The molecule has 1 N–H and O–H groups in total. The number of carbonyl (C=O) groups is 1. The number of amides is 1. The summed E-state index contributed by atoms with van der Waals surface area (Å²) in [5.74, 6) is 0.0777. The highest BCUT2D eigenvalue weighted by Gasteiger charge is 2.30. The Balaban J connectivity index is 2.14. The van der Waals surface area contributed by atoms with E-state index in [9.17, 15) is 18.0 Å². The van der Waals surface area contributed by atoms with Crippen LogP contribution in [-0.2, 0) is 17.5 Å². The van der Waals surface area contributed by atoms with Gasteiger partial charge < -0.3 is 14.8 Å². The van der Waals surface area contributed by atoms with Crippen molar-refractivity contribution in [1.82, 2.24) is 0 Å². The van der Waals surface area contributed by atoms with Crippen LogP contribution in [0.3, 0.4) is 0 Å². The van der Waals surface area contributed by atoms with Gasteiger partial charge in [0.15, 0.2) is 0 Å². The smallest absolute Gasteiger partial charge is 0.416 e. The van der Waals surface area contributed by atoms with Crippen LogP contribution in [0.4, 0.5) is 18.9 Å². The van der Waals surface area contributed by atoms with Crippen LogP contribution in [0, 0.1) is 0 Å². The second kappa shape index (κ2) is 9.41. The van der Waals surface area contributed by atoms with E-state index in [4.69, 9.17) is 9.47 Å². The third-order valence-electron chi connectivity index (χ3n) is 3.89. The molecule has 2 aromatic rings. The highest BCUT2D eigenvalue weighted by molar-refractivity contribution is 6.04. The fourth-order valence-corrected chi connectivity index (χ4v) is 2.44. The molecule has 0 heterocycles. The van der Waals surface area contributed by atoms with Crippen molar-refractivity contribution in [2.24, 2.45) is 0 Å². The topological polar surface area (TPSA) is 47.6 Å². The molecule has 0 saturated heterocycles. The largest absolute Gasteiger partial charge is 0.496 e. The first-order valence-electron chi connectivity index (χ1n) is 8.58. The first-order valence-corrected chi connectivity index (χ1v) is 8.58. The van der Waals surface area contributed by atoms with Gasteiger partial charge in [-0.2, -0.15) is 13.2 Å². The number of ether oxygens (including phenoxy) is 2. The molecule has 0 fully saturated rings. The average molecular weight is 381 g/mol. The van der Waals surface area contributed by atoms with Crippen molar-refractivity contribution in [3.05, 3.63) is 59.2 Å². The Hall–Kier alpha value is -2.54. The minimum absolute atomic E-state index is 0.0754. The zero-order valence-electron chi connectivity index (χ0n) is 15.2. The Labute approximate surface area is 156 Å². The molecule has 146 valence electrons. The number of hydrogen-bond donors (Lipinski definition) is 1. The number of halogens is 3. The third-order valence-corrected chi connectivity index (χ3v) is 3.89. The second-order valence-corrected chi connectivity index (χ2v) is 5.97. The van der Waals surface area contributed by atoms with Gasteiger partial charge in [-0.25, -0.2) is 0 Å². The van der Waals surface area contributed by atoms with Crippen molar-refractivity contribution in [3.8, 4) is 5.75 Å². The highest BCUT2D eigenvalue weighted by Crippen LogP contribution is 2.31. The Kier molecular flexibility index (Phi) is 7.24. The SMILES string of the molecule is CCCCOCc1cc(C(=O)Nc2cccc(C(F)(F)F)c2)ccc1OC. The Morgan fingerprint density at radius 3 is 2.59 bits per heavy atom. The van der Waals surface area contributed by atoms with Crippen molar-refractivity contribution in [1.29, 1.82) is 0 Å². The number of benzene rings is 2. The van der Waals surface area contributed by atoms with Gasteiger partial charge in [0.05, 0.1) is 19.3 Å². The molecule has 2 rings (SSSR count). The Morgan fingerprint density at radius 1 is 1.15 bits per heavy atom. The summed E-state index contributed by atoms with van der Waals surface area (Å²) in [5.41, 5.74) is 0.263. The lowest BCUT2D eigenvalue weighted by Gasteiger charge is -2.12. The minimum Gasteiger partial charge on any atom is -0.496 e. The zero-order valence-corrected chi connectivity index (χ0v) is 15.2. The van der Waals surface area contributed by atoms with E-state index in [1.54, 1.807) is 18.2 Å². The zero-order chi connectivity index (χ0) is 19.9. The summed E-state index contributed by atoms with van der Waals surface area (Å²) in [6, 6.07) is 9.32. The molecule has 0 aliphatic rings. The molecule has 2 aromatic carbocycles. The molecule has 0 unspecified atom stereocenters. The normalized spacial score (nSPS) is 11.3. The molecule has 7 heteroatoms. The van der Waals surface area contributed by atoms with Gasteiger partial charge in [0.25, 0.3) is 5.91 Å². The standard InChI is InChI=1S/C20H22F3NO3/c1-3-4-10-27-13-15-11-14(8-9-18(15)26-2)19(25)24-17-7-5-6-16(12-17)20(21,22)23/h5-9,11-12H,3-4,10,13H2,1-2H3,(H,24,25). The lowest BCUT2D eigenvalue weighted by Crippen LogP contribution is -2.14. The quantitative estimate of drug-likeness (QED) is 0.633. The predicted octanol–water partition coefficient (Wildman–Crippen LogP) is 5.28. The van der Waals surface area contributed by atoms with Gasteiger partial charge in [-0.05, 0) is 42.8 Å². The van der Waals surface area contributed by atoms with E-state index < -0.39 is 17.6 Å². The van der Waals surface area contributed by atoms with Crippen molar-refractivity contribution in [2.75, 3.05) is 19.0 Å². The van der Waals surface area contributed by atoms with Crippen LogP contribution in [0.15, 0.2) is 42.5 Å². The first-order chi connectivity index (χ1) is 12.8. The molecule has 0 atom stereocenters. The van der Waals surface area contributed by atoms with Gasteiger partial charge >= 0.3 is 6.18 Å². The molecule has 0 aromatic heterocycles. The lowest BCUT2D eigenvalue weighted by atomic mass is 10.1. The van der Waals surface area contributed by atoms with E-state index in [-0.39, 0.29) is 12.3 Å². The second-order valence-electron chi connectivity index (χ2n) is 5.97. The van der Waals surface area contributed by atoms with E-state index in [1.165, 1.54) is 19.2 Å². The van der Waals surface area contributed by atoms with Crippen LogP contribution >= 0.6 is 0 Å². The lowest BCUT2D eigenvalue weighted by molar-refractivity contribution is -0.137. The summed E-state index contributed by atoms with van der Waals surface area (Å²) in [6.07, 6.45) is -2.53. The molecule has 0 aliphatic heterocycles. The number of anilines is 1. The van der Waals surface area contributed by atoms with Crippen LogP contribution in [0.1, 0.15) is 41.3 Å². The Bertz CT molecular complexity index is 775. The van der Waals surface area contributed by atoms with Gasteiger partial charge in [0.2, 0.25) is 0 Å². The Morgan fingerprint density at radius 2 is 1.93 bits per heavy atom. The monoisotopic (exact) mass is 381 g/mol. The van der Waals surface area contributed by atoms with Crippen LogP contribution in [0.25, 0.3) is 0 Å². The molecular formula is C20H22F3NO3. The molecule has 0 aliphatic carbocycles. The van der Waals surface area contributed by atoms with E-state index in [0.29, 0.717) is 23.5 Å². The van der Waals surface area contributed by atoms with E-state index >= 15 is 0 Å². The van der Waals surface area contributed by atoms with Crippen molar-refractivity contribution in [2.45, 2.75) is 32.5 Å². The predicted molar refractivity (Wildman–Crippen MR) is 97.0 cm³/mol. The first kappa shape index (κ1) is 20.8. The van der Waals surface area contributed by atoms with Gasteiger partial charge in [-0.3, -0.25) is 4.79 Å². The van der Waals surface area contributed by atoms with Crippen molar-refractivity contribution >= 4 is 11.6 Å². The average Bonchev–Trinajstić information content (AvgIpc) is 2.64. The van der Waals surface area contributed by atoms with Gasteiger partial charge in [0.1, 0.15) is 5.75 Å². The number of rotatable bonds is 8. The van der Waals surface area contributed by atoms with Crippen LogP contribution in [0.2, 0.25) is 0 Å². The van der Waals surface area contributed by atoms with E-state index in [2.05, 4.69) is 12.2 Å². The van der Waals surface area contributed by atoms with Crippen LogP contribution in [-0.4, -0.2) is 19.6 Å². The number of carbonyl (C=O) groups excluding carboxylic acids is 1. The highest BCUT2D eigenvalue weighted by atomic mass is 19.4. The summed E-state index contributed by atoms with van der Waals surface area (Å²) in [6.45, 7) is 2.94. The fourth-order valence-electron chi connectivity index (χ4n) is 2.44. The summed E-state index contributed by atoms with van der Waals surface area (Å²) in [7, 11) is 1.52. The maximum Gasteiger partial charge on any atom is 0.416 e. The van der Waals surface area contributed by atoms with Crippen LogP contribution in [0.5, 0.6) is 5.75 Å². The van der Waals surface area contributed by atoms with E-state index in [1.807, 2.05) is 0 Å². The molecule has 0 spiro atoms. The maximum absolute atomic E-state index is 12.8. The molecule has 27 heavy (non-hydrogen) atoms. The number of methoxy groups -OCH3 is 1. The molecular weight excluding hydrogens is 359 g/mol. The molecule has 4 nitrogen and oxygen atoms in total. The summed E-state index contributed by atoms with van der Waals surface area (Å²) >= 11 is 0. The molecule has 0 bridgehead atoms. The molecule has 1 amide bonds. The maximum atomic E-state index is 12.8. The summed E-state index contributed by atoms with van der Waals surface area (Å²) < 4.78 is 49.2. The third kappa shape index (κ3) is 5.99. The van der Waals surface area contributed by atoms with Crippen LogP contribution < -0.4 is 10.1 Å². The number of hydrogen-bond acceptors (Lipinski definition) is 3. The van der Waals surface area contributed by atoms with Crippen molar-refractivity contribution in [3.63, 3.8) is 0 Å². The number of alkyl halides is 3. The summed E-state index contributed by atoms with van der Waals surface area (Å²) in [5, 5.41) is 2.49. The van der Waals surface area contributed by atoms with Gasteiger partial charge in [-0.1, -0.05) is 19.4 Å². The van der Waals surface area contributed by atoms with Gasteiger partial charge in [0, 0.05) is 23.4 Å². The van der Waals surface area contributed by atoms with Gasteiger partial charge in [-0.15, -0.1) is 0 Å². The minimum atomic E-state index is -4.47. The fraction of sp³-hybridized carbons (Fsp3) is 0.350. The van der Waals surface area contributed by atoms with Crippen molar-refractivity contribution < 1.29 is 27.4 Å². The molecule has 0 radical (unpaired) electrons.